The third-order valence-corrected chi connectivity index (χ3v) is 5.55. The van der Waals surface area contributed by atoms with Gasteiger partial charge in [-0.2, -0.15) is 4.98 Å². The van der Waals surface area contributed by atoms with Crippen molar-refractivity contribution in [1.29, 1.82) is 0 Å². The largest absolute Gasteiger partial charge is 0.368 e. The van der Waals surface area contributed by atoms with Crippen molar-refractivity contribution in [3.8, 4) is 0 Å². The van der Waals surface area contributed by atoms with Gasteiger partial charge in [0, 0.05) is 30.8 Å². The monoisotopic (exact) mass is 341 g/mol. The maximum absolute atomic E-state index is 13.7. The van der Waals surface area contributed by atoms with E-state index < -0.39 is 5.92 Å². The Morgan fingerprint density at radius 1 is 1.17 bits per heavy atom. The highest BCUT2D eigenvalue weighted by atomic mass is 32.1. The fourth-order valence-corrected chi connectivity index (χ4v) is 4.52. The first-order chi connectivity index (χ1) is 11.0. The Balaban J connectivity index is 0.000000753. The van der Waals surface area contributed by atoms with Crippen molar-refractivity contribution in [2.75, 3.05) is 30.8 Å². The minimum absolute atomic E-state index is 0.0746. The zero-order valence-corrected chi connectivity index (χ0v) is 13.9. The number of nitrogens with zero attached hydrogens (tertiary/aromatic N) is 3. The fourth-order valence-electron chi connectivity index (χ4n) is 3.24. The molecule has 5 nitrogen and oxygen atoms in total. The number of alkyl halides is 2. The van der Waals surface area contributed by atoms with E-state index in [1.807, 2.05) is 0 Å². The molecule has 2 aliphatic rings. The van der Waals surface area contributed by atoms with Crippen LogP contribution in [-0.4, -0.2) is 36.0 Å². The molecule has 0 atom stereocenters. The van der Waals surface area contributed by atoms with Gasteiger partial charge < -0.3 is 16.4 Å². The molecular formula is C15H21F2N5S. The van der Waals surface area contributed by atoms with Gasteiger partial charge in [0.15, 0.2) is 5.82 Å². The standard InChI is InChI=1S/C14H16F2N4S.CH5N/c15-14(16)4-3-9-8(7-14)10-11(21-9)12(19-13(17)18-10)20-5-1-2-6-20;1-2/h1-7H2,(H2,17,18,19);2H2,1H3. The van der Waals surface area contributed by atoms with E-state index in [0.717, 1.165) is 41.3 Å². The van der Waals surface area contributed by atoms with Crippen LogP contribution in [-0.2, 0) is 12.8 Å². The van der Waals surface area contributed by atoms with Gasteiger partial charge in [-0.3, -0.25) is 0 Å². The average Bonchev–Trinajstić information content (AvgIpc) is 3.16. The summed E-state index contributed by atoms with van der Waals surface area (Å²) in [5, 5.41) is 0. The normalized spacial score (nSPS) is 19.4. The predicted octanol–water partition coefficient (Wildman–Crippen LogP) is 2.57. The van der Waals surface area contributed by atoms with E-state index >= 15 is 0 Å². The quantitative estimate of drug-likeness (QED) is 0.833. The van der Waals surface area contributed by atoms with Crippen LogP contribution in [0.1, 0.15) is 29.7 Å². The van der Waals surface area contributed by atoms with Gasteiger partial charge in [-0.1, -0.05) is 0 Å². The molecule has 1 aliphatic heterocycles. The summed E-state index contributed by atoms with van der Waals surface area (Å²) in [4.78, 5) is 11.9. The van der Waals surface area contributed by atoms with Crippen LogP contribution >= 0.6 is 11.3 Å². The first kappa shape index (κ1) is 16.3. The number of hydrogen-bond acceptors (Lipinski definition) is 6. The summed E-state index contributed by atoms with van der Waals surface area (Å²) in [6, 6.07) is 0. The Morgan fingerprint density at radius 3 is 2.57 bits per heavy atom. The molecule has 2 aromatic rings. The van der Waals surface area contributed by atoms with Crippen LogP contribution in [0.3, 0.4) is 0 Å². The topological polar surface area (TPSA) is 81.1 Å². The molecule has 1 saturated heterocycles. The molecule has 1 aliphatic carbocycles. The third-order valence-electron chi connectivity index (χ3n) is 4.27. The van der Waals surface area contributed by atoms with E-state index in [2.05, 4.69) is 20.6 Å². The van der Waals surface area contributed by atoms with E-state index in [0.29, 0.717) is 17.5 Å². The molecule has 126 valence electrons. The van der Waals surface area contributed by atoms with Crippen molar-refractivity contribution in [3.05, 3.63) is 10.4 Å². The van der Waals surface area contributed by atoms with Crippen LogP contribution in [0.5, 0.6) is 0 Å². The molecule has 0 radical (unpaired) electrons. The molecule has 23 heavy (non-hydrogen) atoms. The molecule has 3 heterocycles. The minimum atomic E-state index is -2.63. The van der Waals surface area contributed by atoms with Gasteiger partial charge in [0.25, 0.3) is 5.92 Å². The number of aromatic nitrogens is 2. The predicted molar refractivity (Wildman–Crippen MR) is 90.4 cm³/mol. The number of thiophene rings is 1. The highest BCUT2D eigenvalue weighted by molar-refractivity contribution is 7.19. The number of rotatable bonds is 1. The first-order valence-electron chi connectivity index (χ1n) is 7.82. The summed E-state index contributed by atoms with van der Waals surface area (Å²) < 4.78 is 28.3. The molecule has 0 unspecified atom stereocenters. The van der Waals surface area contributed by atoms with Crippen LogP contribution in [0.25, 0.3) is 10.2 Å². The van der Waals surface area contributed by atoms with Crippen molar-refractivity contribution < 1.29 is 8.78 Å². The molecular weight excluding hydrogens is 320 g/mol. The van der Waals surface area contributed by atoms with E-state index in [9.17, 15) is 8.78 Å². The number of aryl methyl sites for hydroxylation is 1. The molecule has 4 N–H and O–H groups in total. The Bertz CT molecular complexity index is 709. The van der Waals surface area contributed by atoms with Gasteiger partial charge in [-0.05, 0) is 31.9 Å². The first-order valence-corrected chi connectivity index (χ1v) is 8.63. The van der Waals surface area contributed by atoms with E-state index in [-0.39, 0.29) is 18.8 Å². The molecule has 4 rings (SSSR count). The van der Waals surface area contributed by atoms with Crippen molar-refractivity contribution in [1.82, 2.24) is 9.97 Å². The van der Waals surface area contributed by atoms with Crippen molar-refractivity contribution in [3.63, 3.8) is 0 Å². The summed E-state index contributed by atoms with van der Waals surface area (Å²) in [5.74, 6) is -1.62. The molecule has 8 heteroatoms. The number of halogens is 2. The second-order valence-corrected chi connectivity index (χ2v) is 6.92. The van der Waals surface area contributed by atoms with Crippen molar-refractivity contribution in [2.45, 2.75) is 38.0 Å². The van der Waals surface area contributed by atoms with Crippen LogP contribution in [0.4, 0.5) is 20.5 Å². The lowest BCUT2D eigenvalue weighted by molar-refractivity contribution is -0.0113. The third kappa shape index (κ3) is 2.97. The number of anilines is 2. The van der Waals surface area contributed by atoms with E-state index in [4.69, 9.17) is 5.73 Å². The molecule has 1 fully saturated rings. The van der Waals surface area contributed by atoms with Gasteiger partial charge in [-0.15, -0.1) is 11.3 Å². The van der Waals surface area contributed by atoms with E-state index in [1.165, 1.54) is 7.05 Å². The SMILES string of the molecule is CN.Nc1nc(N2CCCC2)c2sc3c(c2n1)CC(F)(F)CC3. The molecule has 0 spiro atoms. The molecule has 2 aromatic heterocycles. The summed E-state index contributed by atoms with van der Waals surface area (Å²) in [7, 11) is 1.50. The molecule has 0 saturated carbocycles. The lowest BCUT2D eigenvalue weighted by atomic mass is 9.95. The number of nitrogen functional groups attached to an aromatic ring is 1. The molecule has 0 bridgehead atoms. The van der Waals surface area contributed by atoms with Crippen LogP contribution in [0, 0.1) is 0 Å². The zero-order chi connectivity index (χ0) is 16.6. The van der Waals surface area contributed by atoms with Crippen LogP contribution in [0.2, 0.25) is 0 Å². The molecule has 0 amide bonds. The summed E-state index contributed by atoms with van der Waals surface area (Å²) in [6.45, 7) is 1.90. The smallest absolute Gasteiger partial charge is 0.252 e. The lowest BCUT2D eigenvalue weighted by Gasteiger charge is -2.21. The zero-order valence-electron chi connectivity index (χ0n) is 13.1. The minimum Gasteiger partial charge on any atom is -0.368 e. The van der Waals surface area contributed by atoms with Crippen molar-refractivity contribution >= 4 is 33.3 Å². The maximum atomic E-state index is 13.7. The highest BCUT2D eigenvalue weighted by Crippen LogP contribution is 2.43. The fraction of sp³-hybridized carbons (Fsp3) is 0.600. The van der Waals surface area contributed by atoms with Crippen LogP contribution < -0.4 is 16.4 Å². The Labute approximate surface area is 137 Å². The van der Waals surface area contributed by atoms with Gasteiger partial charge in [0.05, 0.1) is 10.2 Å². The van der Waals surface area contributed by atoms with Crippen molar-refractivity contribution in [2.24, 2.45) is 5.73 Å². The van der Waals surface area contributed by atoms with Gasteiger partial charge >= 0.3 is 0 Å². The number of fused-ring (bicyclic) bond motifs is 3. The van der Waals surface area contributed by atoms with Gasteiger partial charge in [-0.25, -0.2) is 13.8 Å². The highest BCUT2D eigenvalue weighted by Gasteiger charge is 2.37. The van der Waals surface area contributed by atoms with Gasteiger partial charge in [0.1, 0.15) is 0 Å². The summed E-state index contributed by atoms with van der Waals surface area (Å²) in [6.07, 6.45) is 2.39. The second-order valence-electron chi connectivity index (χ2n) is 5.81. The maximum Gasteiger partial charge on any atom is 0.252 e. The Morgan fingerprint density at radius 2 is 1.87 bits per heavy atom. The Hall–Kier alpha value is -1.54. The molecule has 0 aromatic carbocycles. The van der Waals surface area contributed by atoms with Gasteiger partial charge in [0.2, 0.25) is 5.95 Å². The number of hydrogen-bond donors (Lipinski definition) is 2. The second kappa shape index (κ2) is 6.16. The van der Waals surface area contributed by atoms with E-state index in [1.54, 1.807) is 11.3 Å². The summed E-state index contributed by atoms with van der Waals surface area (Å²) in [5.41, 5.74) is 11.6. The Kier molecular flexibility index (Phi) is 4.37. The lowest BCUT2D eigenvalue weighted by Crippen LogP contribution is -2.25. The average molecular weight is 341 g/mol. The number of nitrogens with two attached hydrogens (primary N) is 2. The van der Waals surface area contributed by atoms with Crippen LogP contribution in [0.15, 0.2) is 0 Å². The summed E-state index contributed by atoms with van der Waals surface area (Å²) >= 11 is 1.57.